The summed E-state index contributed by atoms with van der Waals surface area (Å²) in [4.78, 5) is 11.4. The first kappa shape index (κ1) is 14.3. The van der Waals surface area contributed by atoms with Crippen molar-refractivity contribution >= 4 is 27.5 Å². The van der Waals surface area contributed by atoms with Crippen LogP contribution in [0.15, 0.2) is 29.2 Å². The Labute approximate surface area is 117 Å². The molecule has 0 aliphatic heterocycles. The summed E-state index contributed by atoms with van der Waals surface area (Å²) in [5.74, 6) is -0.155. The highest BCUT2D eigenvalue weighted by atomic mass is 35.5. The van der Waals surface area contributed by atoms with Crippen LogP contribution in [0.25, 0.3) is 0 Å². The third-order valence-corrected chi connectivity index (χ3v) is 4.24. The molecule has 1 amide bonds. The SMILES string of the molecule is O=C(COCC1CC1)NS(=O)(=O)c1cccc(Cl)c1. The lowest BCUT2D eigenvalue weighted by Crippen LogP contribution is -2.33. The first-order valence-electron chi connectivity index (χ1n) is 5.86. The number of sulfonamides is 1. The molecule has 104 valence electrons. The van der Waals surface area contributed by atoms with Gasteiger partial charge in [0.05, 0.1) is 11.5 Å². The molecule has 0 radical (unpaired) electrons. The first-order chi connectivity index (χ1) is 8.97. The van der Waals surface area contributed by atoms with Crippen LogP contribution in [0.5, 0.6) is 0 Å². The molecule has 1 aliphatic rings. The fourth-order valence-corrected chi connectivity index (χ4v) is 2.75. The molecule has 0 bridgehead atoms. The van der Waals surface area contributed by atoms with Crippen molar-refractivity contribution < 1.29 is 17.9 Å². The van der Waals surface area contributed by atoms with Crippen molar-refractivity contribution in [3.63, 3.8) is 0 Å². The average molecular weight is 304 g/mol. The molecule has 1 aliphatic carbocycles. The van der Waals surface area contributed by atoms with Crippen molar-refractivity contribution in [1.82, 2.24) is 4.72 Å². The van der Waals surface area contributed by atoms with Gasteiger partial charge >= 0.3 is 0 Å². The van der Waals surface area contributed by atoms with Gasteiger partial charge in [-0.05, 0) is 37.0 Å². The van der Waals surface area contributed by atoms with E-state index in [4.69, 9.17) is 16.3 Å². The van der Waals surface area contributed by atoms with Gasteiger partial charge in [0.25, 0.3) is 15.9 Å². The van der Waals surface area contributed by atoms with E-state index in [1.165, 1.54) is 18.2 Å². The van der Waals surface area contributed by atoms with Crippen LogP contribution in [0, 0.1) is 5.92 Å². The summed E-state index contributed by atoms with van der Waals surface area (Å²) in [6.45, 7) is 0.251. The van der Waals surface area contributed by atoms with Crippen LogP contribution in [0.1, 0.15) is 12.8 Å². The van der Waals surface area contributed by atoms with Gasteiger partial charge in [-0.3, -0.25) is 4.79 Å². The van der Waals surface area contributed by atoms with Crippen LogP contribution in [-0.4, -0.2) is 27.5 Å². The Morgan fingerprint density at radius 2 is 2.16 bits per heavy atom. The van der Waals surface area contributed by atoms with Crippen LogP contribution in [0.2, 0.25) is 5.02 Å². The van der Waals surface area contributed by atoms with Crippen molar-refractivity contribution in [2.75, 3.05) is 13.2 Å². The number of hydrogen-bond acceptors (Lipinski definition) is 4. The van der Waals surface area contributed by atoms with Crippen LogP contribution in [0.3, 0.4) is 0 Å². The molecule has 0 aromatic heterocycles. The Hall–Kier alpha value is -1.11. The molecule has 19 heavy (non-hydrogen) atoms. The van der Waals surface area contributed by atoms with E-state index in [1.54, 1.807) is 6.07 Å². The van der Waals surface area contributed by atoms with Gasteiger partial charge in [-0.15, -0.1) is 0 Å². The quantitative estimate of drug-likeness (QED) is 0.866. The Bertz CT molecular complexity index is 569. The smallest absolute Gasteiger partial charge is 0.264 e. The molecule has 0 spiro atoms. The van der Waals surface area contributed by atoms with Gasteiger partial charge in [-0.1, -0.05) is 17.7 Å². The Kier molecular flexibility index (Phi) is 4.44. The molecule has 0 atom stereocenters. The van der Waals surface area contributed by atoms with E-state index >= 15 is 0 Å². The third-order valence-electron chi connectivity index (χ3n) is 2.64. The lowest BCUT2D eigenvalue weighted by atomic mass is 10.4. The number of carbonyl (C=O) groups excluding carboxylic acids is 1. The molecule has 5 nitrogen and oxygen atoms in total. The van der Waals surface area contributed by atoms with Crippen molar-refractivity contribution in [3.8, 4) is 0 Å². The molecular formula is C12H14ClNO4S. The number of carbonyl (C=O) groups is 1. The highest BCUT2D eigenvalue weighted by Crippen LogP contribution is 2.28. The summed E-state index contributed by atoms with van der Waals surface area (Å²) in [5, 5.41) is 0.292. The minimum atomic E-state index is -3.88. The van der Waals surface area contributed by atoms with Crippen LogP contribution >= 0.6 is 11.6 Å². The molecule has 0 saturated heterocycles. The number of ether oxygens (including phenoxy) is 1. The maximum Gasteiger partial charge on any atom is 0.264 e. The molecule has 1 N–H and O–H groups in total. The number of benzene rings is 1. The number of hydrogen-bond donors (Lipinski definition) is 1. The normalized spacial score (nSPS) is 15.2. The number of amides is 1. The Morgan fingerprint density at radius 3 is 2.79 bits per heavy atom. The zero-order valence-electron chi connectivity index (χ0n) is 10.1. The summed E-state index contributed by atoms with van der Waals surface area (Å²) < 4.78 is 30.8. The van der Waals surface area contributed by atoms with E-state index in [0.717, 1.165) is 12.8 Å². The Balaban J connectivity index is 1.90. The molecule has 1 saturated carbocycles. The van der Waals surface area contributed by atoms with E-state index in [2.05, 4.69) is 0 Å². The van der Waals surface area contributed by atoms with E-state index in [0.29, 0.717) is 17.5 Å². The maximum atomic E-state index is 11.9. The molecule has 1 fully saturated rings. The molecule has 2 rings (SSSR count). The van der Waals surface area contributed by atoms with Crippen LogP contribution < -0.4 is 4.72 Å². The summed E-state index contributed by atoms with van der Waals surface area (Å²) in [6, 6.07) is 5.71. The number of halogens is 1. The third kappa shape index (κ3) is 4.49. The van der Waals surface area contributed by atoms with Gasteiger partial charge in [0.1, 0.15) is 6.61 Å². The molecule has 1 aromatic carbocycles. The largest absolute Gasteiger partial charge is 0.371 e. The van der Waals surface area contributed by atoms with Crippen molar-refractivity contribution in [2.24, 2.45) is 5.92 Å². The topological polar surface area (TPSA) is 72.5 Å². The fourth-order valence-electron chi connectivity index (χ4n) is 1.48. The van der Waals surface area contributed by atoms with Crippen molar-refractivity contribution in [3.05, 3.63) is 29.3 Å². The zero-order valence-corrected chi connectivity index (χ0v) is 11.7. The summed E-state index contributed by atoms with van der Waals surface area (Å²) in [5.41, 5.74) is 0. The summed E-state index contributed by atoms with van der Waals surface area (Å²) >= 11 is 5.71. The summed E-state index contributed by atoms with van der Waals surface area (Å²) in [7, 11) is -3.88. The predicted octanol–water partition coefficient (Wildman–Crippen LogP) is 1.57. The second-order valence-corrected chi connectivity index (χ2v) is 6.56. The van der Waals surface area contributed by atoms with Crippen molar-refractivity contribution in [2.45, 2.75) is 17.7 Å². The lowest BCUT2D eigenvalue weighted by Gasteiger charge is -2.07. The zero-order chi connectivity index (χ0) is 13.9. The van der Waals surface area contributed by atoms with Crippen molar-refractivity contribution in [1.29, 1.82) is 0 Å². The van der Waals surface area contributed by atoms with E-state index in [9.17, 15) is 13.2 Å². The highest BCUT2D eigenvalue weighted by molar-refractivity contribution is 7.90. The first-order valence-corrected chi connectivity index (χ1v) is 7.72. The Morgan fingerprint density at radius 1 is 1.42 bits per heavy atom. The van der Waals surface area contributed by atoms with Gasteiger partial charge in [0.15, 0.2) is 0 Å². The predicted molar refractivity (Wildman–Crippen MR) is 70.3 cm³/mol. The molecule has 7 heteroatoms. The van der Waals surface area contributed by atoms with E-state index < -0.39 is 15.9 Å². The van der Waals surface area contributed by atoms with Gasteiger partial charge in [-0.2, -0.15) is 0 Å². The number of rotatable bonds is 6. The monoisotopic (exact) mass is 303 g/mol. The fraction of sp³-hybridized carbons (Fsp3) is 0.417. The van der Waals surface area contributed by atoms with Gasteiger partial charge in [-0.25, -0.2) is 13.1 Å². The molecule has 0 heterocycles. The molecule has 1 aromatic rings. The average Bonchev–Trinajstić information content (AvgIpc) is 3.12. The minimum absolute atomic E-state index is 0.0458. The number of nitrogens with one attached hydrogen (secondary N) is 1. The molecular weight excluding hydrogens is 290 g/mol. The van der Waals surface area contributed by atoms with Gasteiger partial charge in [0.2, 0.25) is 0 Å². The van der Waals surface area contributed by atoms with Crippen LogP contribution in [0.4, 0.5) is 0 Å². The van der Waals surface area contributed by atoms with Gasteiger partial charge in [0, 0.05) is 5.02 Å². The van der Waals surface area contributed by atoms with Gasteiger partial charge < -0.3 is 4.74 Å². The molecule has 0 unspecified atom stereocenters. The second kappa shape index (κ2) is 5.90. The maximum absolute atomic E-state index is 11.9. The highest BCUT2D eigenvalue weighted by Gasteiger charge is 2.22. The standard InChI is InChI=1S/C12H14ClNO4S/c13-10-2-1-3-11(6-10)19(16,17)14-12(15)8-18-7-9-4-5-9/h1-3,6,9H,4-5,7-8H2,(H,14,15). The summed E-state index contributed by atoms with van der Waals surface area (Å²) in [6.07, 6.45) is 2.23. The van der Waals surface area contributed by atoms with E-state index in [1.807, 2.05) is 4.72 Å². The van der Waals surface area contributed by atoms with E-state index in [-0.39, 0.29) is 11.5 Å². The van der Waals surface area contributed by atoms with Crippen LogP contribution in [-0.2, 0) is 19.6 Å². The minimum Gasteiger partial charge on any atom is -0.371 e. The lowest BCUT2D eigenvalue weighted by molar-refractivity contribution is -0.124. The second-order valence-electron chi connectivity index (χ2n) is 4.44.